The fourth-order valence-corrected chi connectivity index (χ4v) is 2.73. The zero-order valence-electron chi connectivity index (χ0n) is 12.1. The minimum Gasteiger partial charge on any atom is -0.441 e. The Bertz CT molecular complexity index is 733. The van der Waals surface area contributed by atoms with Gasteiger partial charge in [0.05, 0.1) is 0 Å². The third kappa shape index (κ3) is 2.80. The Hall–Kier alpha value is -1.84. The van der Waals surface area contributed by atoms with E-state index in [9.17, 15) is 0 Å². The normalized spacial score (nSPS) is 12.7. The number of benzene rings is 2. The summed E-state index contributed by atoms with van der Waals surface area (Å²) >= 11 is 6.22. The van der Waals surface area contributed by atoms with E-state index in [0.29, 0.717) is 6.42 Å². The van der Waals surface area contributed by atoms with E-state index < -0.39 is 0 Å². The summed E-state index contributed by atoms with van der Waals surface area (Å²) in [7, 11) is 1.94. The minimum absolute atomic E-state index is 0.122. The van der Waals surface area contributed by atoms with E-state index in [2.05, 4.69) is 16.4 Å². The summed E-state index contributed by atoms with van der Waals surface area (Å²) in [5, 5.41) is 4.10. The molecule has 1 heterocycles. The van der Waals surface area contributed by atoms with Crippen LogP contribution in [0.25, 0.3) is 11.1 Å². The third-order valence-electron chi connectivity index (χ3n) is 3.75. The topological polar surface area (TPSA) is 38.1 Å². The van der Waals surface area contributed by atoms with Crippen LogP contribution in [-0.2, 0) is 6.42 Å². The molecule has 0 saturated carbocycles. The summed E-state index contributed by atoms with van der Waals surface area (Å²) in [6, 6.07) is 13.9. The molecule has 2 aromatic carbocycles. The maximum absolute atomic E-state index is 6.22. The smallest absolute Gasteiger partial charge is 0.197 e. The summed E-state index contributed by atoms with van der Waals surface area (Å²) in [5.41, 5.74) is 3.98. The van der Waals surface area contributed by atoms with Crippen LogP contribution in [0.2, 0.25) is 5.02 Å². The van der Waals surface area contributed by atoms with Crippen LogP contribution in [0.3, 0.4) is 0 Å². The second-order valence-electron chi connectivity index (χ2n) is 5.07. The van der Waals surface area contributed by atoms with Gasteiger partial charge in [-0.05, 0) is 43.3 Å². The van der Waals surface area contributed by atoms with Gasteiger partial charge in [0.2, 0.25) is 0 Å². The first-order valence-electron chi connectivity index (χ1n) is 6.95. The van der Waals surface area contributed by atoms with Crippen molar-refractivity contribution in [3.63, 3.8) is 0 Å². The fourth-order valence-electron chi connectivity index (χ4n) is 2.55. The van der Waals surface area contributed by atoms with Crippen molar-refractivity contribution in [2.75, 3.05) is 7.05 Å². The van der Waals surface area contributed by atoms with Crippen LogP contribution < -0.4 is 5.32 Å². The first-order chi connectivity index (χ1) is 10.2. The van der Waals surface area contributed by atoms with E-state index in [1.807, 2.05) is 50.4 Å². The summed E-state index contributed by atoms with van der Waals surface area (Å²) in [6.45, 7) is 2.04. The summed E-state index contributed by atoms with van der Waals surface area (Å²) < 4.78 is 5.81. The van der Waals surface area contributed by atoms with Gasteiger partial charge in [0.15, 0.2) is 11.5 Å². The Kier molecular flexibility index (Phi) is 3.95. The van der Waals surface area contributed by atoms with Crippen LogP contribution in [0.15, 0.2) is 46.9 Å². The predicted octanol–water partition coefficient (Wildman–Crippen LogP) is 4.29. The lowest BCUT2D eigenvalue weighted by atomic mass is 9.99. The van der Waals surface area contributed by atoms with Gasteiger partial charge in [-0.15, -0.1) is 0 Å². The van der Waals surface area contributed by atoms with Crippen LogP contribution in [0.4, 0.5) is 0 Å². The Morgan fingerprint density at radius 1 is 1.19 bits per heavy atom. The summed E-state index contributed by atoms with van der Waals surface area (Å²) in [6.07, 6.45) is 0.687. The molecule has 1 atom stereocenters. The maximum atomic E-state index is 6.22. The van der Waals surface area contributed by atoms with E-state index in [1.165, 1.54) is 5.56 Å². The number of rotatable bonds is 4. The SMILES string of the molecule is CNC(Cc1nc2ccccc2o1)c1cccc(Cl)c1C. The molecule has 0 bridgehead atoms. The summed E-state index contributed by atoms with van der Waals surface area (Å²) in [4.78, 5) is 4.54. The van der Waals surface area contributed by atoms with Crippen molar-refractivity contribution in [2.24, 2.45) is 0 Å². The monoisotopic (exact) mass is 300 g/mol. The number of para-hydroxylation sites is 2. The molecule has 4 heteroatoms. The van der Waals surface area contributed by atoms with Crippen molar-refractivity contribution in [2.45, 2.75) is 19.4 Å². The predicted molar refractivity (Wildman–Crippen MR) is 85.7 cm³/mol. The van der Waals surface area contributed by atoms with Crippen LogP contribution in [0.1, 0.15) is 23.1 Å². The third-order valence-corrected chi connectivity index (χ3v) is 4.16. The molecule has 0 radical (unpaired) electrons. The molecule has 3 nitrogen and oxygen atoms in total. The quantitative estimate of drug-likeness (QED) is 0.781. The fraction of sp³-hybridized carbons (Fsp3) is 0.235. The molecular formula is C17H17ClN2O. The van der Waals surface area contributed by atoms with E-state index >= 15 is 0 Å². The van der Waals surface area contributed by atoms with Crippen molar-refractivity contribution in [3.05, 3.63) is 64.5 Å². The van der Waals surface area contributed by atoms with Crippen molar-refractivity contribution >= 4 is 22.7 Å². The lowest BCUT2D eigenvalue weighted by molar-refractivity contribution is 0.473. The molecular weight excluding hydrogens is 284 g/mol. The van der Waals surface area contributed by atoms with Crippen LogP contribution >= 0.6 is 11.6 Å². The largest absolute Gasteiger partial charge is 0.441 e. The molecule has 21 heavy (non-hydrogen) atoms. The zero-order chi connectivity index (χ0) is 14.8. The second kappa shape index (κ2) is 5.88. The number of nitrogens with one attached hydrogen (secondary N) is 1. The zero-order valence-corrected chi connectivity index (χ0v) is 12.8. The number of hydrogen-bond acceptors (Lipinski definition) is 3. The Balaban J connectivity index is 1.92. The molecule has 1 unspecified atom stereocenters. The molecule has 0 spiro atoms. The van der Waals surface area contributed by atoms with Gasteiger partial charge in [-0.3, -0.25) is 0 Å². The van der Waals surface area contributed by atoms with E-state index in [4.69, 9.17) is 16.0 Å². The van der Waals surface area contributed by atoms with Crippen molar-refractivity contribution in [3.8, 4) is 0 Å². The highest BCUT2D eigenvalue weighted by Gasteiger charge is 2.17. The highest BCUT2D eigenvalue weighted by molar-refractivity contribution is 6.31. The molecule has 0 aliphatic rings. The van der Waals surface area contributed by atoms with Gasteiger partial charge in [0.25, 0.3) is 0 Å². The number of nitrogens with zero attached hydrogens (tertiary/aromatic N) is 1. The first-order valence-corrected chi connectivity index (χ1v) is 7.33. The minimum atomic E-state index is 0.122. The van der Waals surface area contributed by atoms with Crippen molar-refractivity contribution < 1.29 is 4.42 Å². The average molecular weight is 301 g/mol. The first kappa shape index (κ1) is 14.1. The number of aromatic nitrogens is 1. The number of likely N-dealkylation sites (N-methyl/N-ethyl adjacent to an activating group) is 1. The van der Waals surface area contributed by atoms with Gasteiger partial charge >= 0.3 is 0 Å². The molecule has 108 valence electrons. The van der Waals surface area contributed by atoms with Gasteiger partial charge in [0.1, 0.15) is 5.52 Å². The molecule has 1 N–H and O–H groups in total. The van der Waals surface area contributed by atoms with Crippen LogP contribution in [0, 0.1) is 6.92 Å². The van der Waals surface area contributed by atoms with Gasteiger partial charge < -0.3 is 9.73 Å². The number of halogens is 1. The Morgan fingerprint density at radius 3 is 2.76 bits per heavy atom. The van der Waals surface area contributed by atoms with Crippen molar-refractivity contribution in [1.82, 2.24) is 10.3 Å². The lowest BCUT2D eigenvalue weighted by Crippen LogP contribution is -2.20. The Labute approximate surface area is 128 Å². The van der Waals surface area contributed by atoms with Gasteiger partial charge in [-0.25, -0.2) is 4.98 Å². The molecule has 0 aliphatic carbocycles. The standard InChI is InChI=1S/C17H17ClN2O/c1-11-12(6-5-7-13(11)18)15(19-2)10-17-20-14-8-3-4-9-16(14)21-17/h3-9,15,19H,10H2,1-2H3. The van der Waals surface area contributed by atoms with Crippen LogP contribution in [0.5, 0.6) is 0 Å². The average Bonchev–Trinajstić information content (AvgIpc) is 2.90. The second-order valence-corrected chi connectivity index (χ2v) is 5.48. The lowest BCUT2D eigenvalue weighted by Gasteiger charge is -2.18. The van der Waals surface area contributed by atoms with Gasteiger partial charge in [-0.1, -0.05) is 35.9 Å². The Morgan fingerprint density at radius 2 is 2.00 bits per heavy atom. The maximum Gasteiger partial charge on any atom is 0.197 e. The highest BCUT2D eigenvalue weighted by atomic mass is 35.5. The van der Waals surface area contributed by atoms with Crippen LogP contribution in [-0.4, -0.2) is 12.0 Å². The molecule has 0 fully saturated rings. The van der Waals surface area contributed by atoms with E-state index in [1.54, 1.807) is 0 Å². The van der Waals surface area contributed by atoms with E-state index in [0.717, 1.165) is 27.6 Å². The van der Waals surface area contributed by atoms with Crippen molar-refractivity contribution in [1.29, 1.82) is 0 Å². The van der Waals surface area contributed by atoms with E-state index in [-0.39, 0.29) is 6.04 Å². The van der Waals surface area contributed by atoms with Gasteiger partial charge in [0, 0.05) is 17.5 Å². The number of hydrogen-bond donors (Lipinski definition) is 1. The molecule has 3 aromatic rings. The highest BCUT2D eigenvalue weighted by Crippen LogP contribution is 2.27. The molecule has 3 rings (SSSR count). The molecule has 0 saturated heterocycles. The molecule has 0 aliphatic heterocycles. The molecule has 0 amide bonds. The number of fused-ring (bicyclic) bond motifs is 1. The molecule has 1 aromatic heterocycles. The van der Waals surface area contributed by atoms with Gasteiger partial charge in [-0.2, -0.15) is 0 Å². The summed E-state index contributed by atoms with van der Waals surface area (Å²) in [5.74, 6) is 0.731. The number of oxazole rings is 1.